The van der Waals surface area contributed by atoms with Crippen molar-refractivity contribution in [3.63, 3.8) is 0 Å². The van der Waals surface area contributed by atoms with Crippen molar-refractivity contribution in [2.45, 2.75) is 33.0 Å². The number of carbonyl (C=O) groups is 2. The summed E-state index contributed by atoms with van der Waals surface area (Å²) < 4.78 is 40.8. The summed E-state index contributed by atoms with van der Waals surface area (Å²) in [4.78, 5) is 27.0. The molecule has 2 amide bonds. The van der Waals surface area contributed by atoms with Crippen molar-refractivity contribution in [1.29, 1.82) is 0 Å². The van der Waals surface area contributed by atoms with Crippen LogP contribution in [0.25, 0.3) is 11.1 Å². The molecule has 36 heavy (non-hydrogen) atoms. The lowest BCUT2D eigenvalue weighted by atomic mass is 9.96. The lowest BCUT2D eigenvalue weighted by Gasteiger charge is -2.21. The van der Waals surface area contributed by atoms with Crippen LogP contribution in [0.15, 0.2) is 60.7 Å². The predicted octanol–water partition coefficient (Wildman–Crippen LogP) is 6.38. The van der Waals surface area contributed by atoms with Gasteiger partial charge in [-0.2, -0.15) is 13.2 Å². The van der Waals surface area contributed by atoms with E-state index in [1.165, 1.54) is 6.07 Å². The lowest BCUT2D eigenvalue weighted by molar-refractivity contribution is -0.138. The van der Waals surface area contributed by atoms with Gasteiger partial charge in [-0.1, -0.05) is 50.2 Å². The highest BCUT2D eigenvalue weighted by atomic mass is 35.5. The molecule has 1 aliphatic heterocycles. The van der Waals surface area contributed by atoms with E-state index in [1.54, 1.807) is 12.1 Å². The molecule has 0 aromatic heterocycles. The Bertz CT molecular complexity index is 1260. The number of fused-ring (bicyclic) bond motifs is 1. The van der Waals surface area contributed by atoms with Crippen LogP contribution in [0.3, 0.4) is 0 Å². The number of hydrogen-bond donors (Lipinski definition) is 2. The number of amides is 2. The Morgan fingerprint density at radius 3 is 2.36 bits per heavy atom. The van der Waals surface area contributed by atoms with E-state index in [1.807, 2.05) is 36.4 Å². The summed E-state index contributed by atoms with van der Waals surface area (Å²) >= 11 is 0. The first-order valence-electron chi connectivity index (χ1n) is 11.5. The van der Waals surface area contributed by atoms with Crippen LogP contribution in [0.4, 0.5) is 24.5 Å². The molecule has 2 N–H and O–H groups in total. The predicted molar refractivity (Wildman–Crippen MR) is 137 cm³/mol. The molecule has 0 bridgehead atoms. The number of nitrogens with zero attached hydrogens (tertiary/aromatic N) is 1. The van der Waals surface area contributed by atoms with Crippen molar-refractivity contribution in [1.82, 2.24) is 4.90 Å². The quantitative estimate of drug-likeness (QED) is 0.382. The van der Waals surface area contributed by atoms with Gasteiger partial charge in [0.2, 0.25) is 5.91 Å². The van der Waals surface area contributed by atoms with Crippen LogP contribution >= 0.6 is 12.4 Å². The molecule has 1 aliphatic rings. The van der Waals surface area contributed by atoms with Crippen LogP contribution < -0.4 is 10.6 Å². The second kappa shape index (κ2) is 11.1. The third-order valence-corrected chi connectivity index (χ3v) is 6.17. The molecule has 3 aromatic rings. The molecule has 0 spiro atoms. The maximum absolute atomic E-state index is 13.6. The average Bonchev–Trinajstić information content (AvgIpc) is 3.21. The SMILES string of the molecule is CCN(CC)Cc1cc(C(=O)Nc2cc3c(c(C(F)(F)F)c2)CC(=O)N3)ccc1-c1ccccc1.Cl. The highest BCUT2D eigenvalue weighted by Crippen LogP contribution is 2.40. The van der Waals surface area contributed by atoms with E-state index >= 15 is 0 Å². The van der Waals surface area contributed by atoms with Crippen molar-refractivity contribution < 1.29 is 22.8 Å². The van der Waals surface area contributed by atoms with Crippen molar-refractivity contribution >= 4 is 35.6 Å². The fourth-order valence-corrected chi connectivity index (χ4v) is 4.31. The third kappa shape index (κ3) is 5.88. The fourth-order valence-electron chi connectivity index (χ4n) is 4.31. The van der Waals surface area contributed by atoms with Gasteiger partial charge in [0.1, 0.15) is 0 Å². The Labute approximate surface area is 214 Å². The van der Waals surface area contributed by atoms with Crippen molar-refractivity contribution in [3.05, 3.63) is 82.9 Å². The average molecular weight is 518 g/mol. The second-order valence-electron chi connectivity index (χ2n) is 8.43. The molecule has 0 atom stereocenters. The number of hydrogen-bond acceptors (Lipinski definition) is 3. The number of carbonyl (C=O) groups excluding carboxylic acids is 2. The Kier molecular flexibility index (Phi) is 8.43. The smallest absolute Gasteiger partial charge is 0.325 e. The summed E-state index contributed by atoms with van der Waals surface area (Å²) in [6, 6.07) is 17.4. The van der Waals surface area contributed by atoms with Crippen molar-refractivity contribution in [2.75, 3.05) is 23.7 Å². The zero-order valence-corrected chi connectivity index (χ0v) is 20.7. The van der Waals surface area contributed by atoms with Gasteiger partial charge in [-0.3, -0.25) is 14.5 Å². The summed E-state index contributed by atoms with van der Waals surface area (Å²) in [5, 5.41) is 5.02. The van der Waals surface area contributed by atoms with Gasteiger partial charge in [0.25, 0.3) is 5.91 Å². The van der Waals surface area contributed by atoms with Gasteiger partial charge in [-0.15, -0.1) is 12.4 Å². The first kappa shape index (κ1) is 27.2. The van der Waals surface area contributed by atoms with Gasteiger partial charge in [-0.25, -0.2) is 0 Å². The normalized spacial score (nSPS) is 12.7. The lowest BCUT2D eigenvalue weighted by Crippen LogP contribution is -2.23. The molecule has 9 heteroatoms. The minimum absolute atomic E-state index is 0. The zero-order valence-electron chi connectivity index (χ0n) is 19.9. The summed E-state index contributed by atoms with van der Waals surface area (Å²) in [6.45, 7) is 6.42. The van der Waals surface area contributed by atoms with Crippen LogP contribution in [0.2, 0.25) is 0 Å². The third-order valence-electron chi connectivity index (χ3n) is 6.17. The molecule has 0 saturated heterocycles. The molecule has 0 unspecified atom stereocenters. The second-order valence-corrected chi connectivity index (χ2v) is 8.43. The molecule has 3 aromatic carbocycles. The van der Waals surface area contributed by atoms with Crippen molar-refractivity contribution in [3.8, 4) is 11.1 Å². The minimum atomic E-state index is -4.65. The van der Waals surface area contributed by atoms with Crippen molar-refractivity contribution in [2.24, 2.45) is 0 Å². The molecule has 0 aliphatic carbocycles. The molecule has 190 valence electrons. The maximum Gasteiger partial charge on any atom is 0.416 e. The van der Waals surface area contributed by atoms with Crippen LogP contribution in [0, 0.1) is 0 Å². The molecule has 0 saturated carbocycles. The van der Waals surface area contributed by atoms with E-state index in [4.69, 9.17) is 0 Å². The highest BCUT2D eigenvalue weighted by molar-refractivity contribution is 6.06. The fraction of sp³-hybridized carbons (Fsp3) is 0.259. The van der Waals surface area contributed by atoms with E-state index in [2.05, 4.69) is 29.4 Å². The molecule has 0 radical (unpaired) electrons. The highest BCUT2D eigenvalue weighted by Gasteiger charge is 2.37. The number of anilines is 2. The molecule has 0 fully saturated rings. The molecular formula is C27H27ClF3N3O2. The molecule has 1 heterocycles. The van der Waals surface area contributed by atoms with E-state index in [0.717, 1.165) is 35.8 Å². The number of alkyl halides is 3. The van der Waals surface area contributed by atoms with Gasteiger partial charge < -0.3 is 10.6 Å². The largest absolute Gasteiger partial charge is 0.416 e. The first-order chi connectivity index (χ1) is 16.7. The topological polar surface area (TPSA) is 61.4 Å². The van der Waals surface area contributed by atoms with Crippen LogP contribution in [0.1, 0.15) is 40.9 Å². The van der Waals surface area contributed by atoms with Gasteiger partial charge >= 0.3 is 6.18 Å². The molecule has 4 rings (SSSR count). The van der Waals surface area contributed by atoms with E-state index < -0.39 is 23.6 Å². The zero-order chi connectivity index (χ0) is 25.2. The van der Waals surface area contributed by atoms with Gasteiger partial charge in [0.15, 0.2) is 0 Å². The van der Waals surface area contributed by atoms with E-state index in [0.29, 0.717) is 12.1 Å². The first-order valence-corrected chi connectivity index (χ1v) is 11.5. The molecular weight excluding hydrogens is 491 g/mol. The summed E-state index contributed by atoms with van der Waals surface area (Å²) in [7, 11) is 0. The Morgan fingerprint density at radius 2 is 1.72 bits per heavy atom. The summed E-state index contributed by atoms with van der Waals surface area (Å²) in [6.07, 6.45) is -4.99. The summed E-state index contributed by atoms with van der Waals surface area (Å²) in [5.41, 5.74) is 2.32. The Balaban J connectivity index is 0.00000361. The van der Waals surface area contributed by atoms with Crippen LogP contribution in [-0.2, 0) is 23.9 Å². The monoisotopic (exact) mass is 517 g/mol. The Morgan fingerprint density at radius 1 is 1.03 bits per heavy atom. The summed E-state index contributed by atoms with van der Waals surface area (Å²) in [5.74, 6) is -1.03. The standard InChI is InChI=1S/C27H26F3N3O2.ClH/c1-3-33(4-2)16-19-12-18(10-11-21(19)17-8-6-5-7-9-17)26(35)31-20-13-23(27(28,29)30)22-15-25(34)32-24(22)14-20;/h5-14H,3-4,15-16H2,1-2H3,(H,31,35)(H,32,34);1H. The number of rotatable bonds is 7. The molecule has 5 nitrogen and oxygen atoms in total. The van der Waals surface area contributed by atoms with E-state index in [-0.39, 0.29) is 35.8 Å². The van der Waals surface area contributed by atoms with Gasteiger partial charge in [0, 0.05) is 23.5 Å². The number of halogens is 4. The van der Waals surface area contributed by atoms with E-state index in [9.17, 15) is 22.8 Å². The van der Waals surface area contributed by atoms with Crippen LogP contribution in [0.5, 0.6) is 0 Å². The van der Waals surface area contributed by atoms with Gasteiger partial charge in [-0.05, 0) is 59.6 Å². The maximum atomic E-state index is 13.6. The van der Waals surface area contributed by atoms with Crippen LogP contribution in [-0.4, -0.2) is 29.8 Å². The minimum Gasteiger partial charge on any atom is -0.325 e. The van der Waals surface area contributed by atoms with Gasteiger partial charge in [0.05, 0.1) is 12.0 Å². The number of nitrogens with one attached hydrogen (secondary N) is 2. The Hall–Kier alpha value is -3.36. The number of benzene rings is 3.